The summed E-state index contributed by atoms with van der Waals surface area (Å²) in [6.07, 6.45) is 0.969. The van der Waals surface area contributed by atoms with E-state index in [4.69, 9.17) is 18.6 Å². The quantitative estimate of drug-likeness (QED) is 0.620. The summed E-state index contributed by atoms with van der Waals surface area (Å²) in [4.78, 5) is 1.36. The molecule has 0 aliphatic carbocycles. The third-order valence-electron chi connectivity index (χ3n) is 7.49. The van der Waals surface area contributed by atoms with Crippen LogP contribution in [0, 0.1) is 0 Å². The maximum Gasteiger partial charge on any atom is 0.505 e. The van der Waals surface area contributed by atoms with Gasteiger partial charge in [-0.05, 0) is 78.8 Å². The second-order valence-electron chi connectivity index (χ2n) is 10.7. The molecule has 1 aromatic carbocycles. The predicted molar refractivity (Wildman–Crippen MR) is 127 cm³/mol. The predicted octanol–water partition coefficient (Wildman–Crippen LogP) is 4.85. The fourth-order valence-electron chi connectivity index (χ4n) is 4.11. The Labute approximate surface area is 188 Å². The molecule has 4 heterocycles. The first-order valence-electron chi connectivity index (χ1n) is 10.7. The van der Waals surface area contributed by atoms with Crippen LogP contribution in [0.2, 0.25) is 0 Å². The number of fused-ring (bicyclic) bond motifs is 3. The zero-order valence-electron chi connectivity index (χ0n) is 19.1. The Hall–Kier alpha value is -0.500. The van der Waals surface area contributed by atoms with Crippen LogP contribution < -0.4 is 4.78 Å². The van der Waals surface area contributed by atoms with Crippen LogP contribution in [0.4, 0.5) is 0 Å². The summed E-state index contributed by atoms with van der Waals surface area (Å²) in [5.74, 6) is 0. The molecule has 1 aromatic heterocycles. The molecule has 0 saturated carbocycles. The van der Waals surface area contributed by atoms with E-state index in [0.29, 0.717) is 0 Å². The fourth-order valence-corrected chi connectivity index (χ4v) is 6.77. The van der Waals surface area contributed by atoms with Crippen LogP contribution in [0.3, 0.4) is 0 Å². The number of rotatable bonds is 2. The zero-order chi connectivity index (χ0) is 21.7. The van der Waals surface area contributed by atoms with E-state index in [1.807, 2.05) is 11.8 Å². The van der Waals surface area contributed by atoms with Gasteiger partial charge in [-0.3, -0.25) is 0 Å². The summed E-state index contributed by atoms with van der Waals surface area (Å²) in [7, 11) is -0.502. The molecule has 3 aliphatic heterocycles. The van der Waals surface area contributed by atoms with Gasteiger partial charge in [-0.2, -0.15) is 0 Å². The summed E-state index contributed by atoms with van der Waals surface area (Å²) in [5, 5.41) is 1.53. The minimum absolute atomic E-state index is 0.190. The van der Waals surface area contributed by atoms with E-state index in [0.717, 1.165) is 11.2 Å². The smallest absolute Gasteiger partial charge is 0.402 e. The molecular formula is C22H30B2O4S2. The molecule has 0 bridgehead atoms. The first-order valence-corrected chi connectivity index (χ1v) is 12.4. The fraction of sp³-hybridized carbons (Fsp3) is 0.636. The van der Waals surface area contributed by atoms with Crippen LogP contribution in [0.1, 0.15) is 61.0 Å². The second kappa shape index (κ2) is 6.52. The summed E-state index contributed by atoms with van der Waals surface area (Å²) < 4.78 is 27.7. The topological polar surface area (TPSA) is 36.9 Å². The Morgan fingerprint density at radius 3 is 2.00 bits per heavy atom. The molecule has 0 radical (unpaired) electrons. The highest BCUT2D eigenvalue weighted by atomic mass is 32.2. The van der Waals surface area contributed by atoms with Crippen molar-refractivity contribution in [2.45, 2.75) is 94.3 Å². The van der Waals surface area contributed by atoms with Crippen molar-refractivity contribution in [2.24, 2.45) is 0 Å². The van der Waals surface area contributed by atoms with Crippen molar-refractivity contribution in [1.82, 2.24) is 0 Å². The van der Waals surface area contributed by atoms with Crippen molar-refractivity contribution in [3.63, 3.8) is 0 Å². The van der Waals surface area contributed by atoms with E-state index in [-0.39, 0.29) is 41.8 Å². The van der Waals surface area contributed by atoms with Crippen LogP contribution in [-0.2, 0) is 25.0 Å². The monoisotopic (exact) mass is 444 g/mol. The van der Waals surface area contributed by atoms with Gasteiger partial charge < -0.3 is 18.6 Å². The molecule has 160 valence electrons. The lowest BCUT2D eigenvalue weighted by Gasteiger charge is -2.32. The van der Waals surface area contributed by atoms with Crippen molar-refractivity contribution in [3.8, 4) is 0 Å². The molecule has 5 rings (SSSR count). The van der Waals surface area contributed by atoms with Gasteiger partial charge in [0.25, 0.3) is 0 Å². The minimum Gasteiger partial charge on any atom is -0.402 e. The molecule has 1 unspecified atom stereocenters. The molecule has 2 aromatic rings. The molecule has 30 heavy (non-hydrogen) atoms. The third-order valence-corrected chi connectivity index (χ3v) is 10.2. The largest absolute Gasteiger partial charge is 0.505 e. The van der Waals surface area contributed by atoms with Crippen LogP contribution in [0.15, 0.2) is 23.1 Å². The van der Waals surface area contributed by atoms with Crippen molar-refractivity contribution in [2.75, 3.05) is 0 Å². The number of hydrogen-bond acceptors (Lipinski definition) is 6. The summed E-state index contributed by atoms with van der Waals surface area (Å²) in [6.45, 7) is 16.9. The summed E-state index contributed by atoms with van der Waals surface area (Å²) in [5.41, 5.74) is 0.137. The van der Waals surface area contributed by atoms with E-state index in [1.165, 1.54) is 20.5 Å². The number of thiophene rings is 1. The van der Waals surface area contributed by atoms with Gasteiger partial charge in [0.05, 0.1) is 22.4 Å². The lowest BCUT2D eigenvalue weighted by molar-refractivity contribution is 0.00578. The highest BCUT2D eigenvalue weighted by Gasteiger charge is 2.55. The normalized spacial score (nSPS) is 28.5. The van der Waals surface area contributed by atoms with E-state index in [9.17, 15) is 0 Å². The third kappa shape index (κ3) is 3.13. The van der Waals surface area contributed by atoms with Crippen molar-refractivity contribution in [1.29, 1.82) is 0 Å². The van der Waals surface area contributed by atoms with Gasteiger partial charge in [0.1, 0.15) is 0 Å². The van der Waals surface area contributed by atoms with Gasteiger partial charge in [-0.1, -0.05) is 12.1 Å². The Balaban J connectivity index is 1.42. The second-order valence-corrected chi connectivity index (χ2v) is 13.0. The standard InChI is InChI=1S/C22H30B2O4S2/c1-19(2)20(3,4)26-23(25-19)15-11-13-9-10-14-12-16(30-18(14)17(13)29-15)24-27-21(5,6)22(7,8)28-24/h9-11,16H,12H2,1-8H3. The Morgan fingerprint density at radius 2 is 1.40 bits per heavy atom. The summed E-state index contributed by atoms with van der Waals surface area (Å²) in [6, 6.07) is 6.72. The molecule has 0 N–H and O–H groups in total. The van der Waals surface area contributed by atoms with Gasteiger partial charge in [-0.25, -0.2) is 0 Å². The molecule has 2 saturated heterocycles. The lowest BCUT2D eigenvalue weighted by Crippen LogP contribution is -2.41. The lowest BCUT2D eigenvalue weighted by atomic mass is 9.81. The van der Waals surface area contributed by atoms with Crippen molar-refractivity contribution < 1.29 is 18.6 Å². The molecule has 2 fully saturated rings. The molecule has 8 heteroatoms. The van der Waals surface area contributed by atoms with Gasteiger partial charge >= 0.3 is 14.2 Å². The Morgan fingerprint density at radius 1 is 0.833 bits per heavy atom. The average Bonchev–Trinajstić information content (AvgIpc) is 3.30. The molecular weight excluding hydrogens is 414 g/mol. The van der Waals surface area contributed by atoms with E-state index < -0.39 is 0 Å². The number of hydrogen-bond donors (Lipinski definition) is 0. The average molecular weight is 444 g/mol. The molecule has 0 spiro atoms. The number of benzene rings is 1. The van der Waals surface area contributed by atoms with Crippen LogP contribution in [-0.4, -0.2) is 41.8 Å². The van der Waals surface area contributed by atoms with Crippen LogP contribution >= 0.6 is 23.1 Å². The van der Waals surface area contributed by atoms with Crippen molar-refractivity contribution >= 4 is 52.2 Å². The van der Waals surface area contributed by atoms with Crippen LogP contribution in [0.25, 0.3) is 10.1 Å². The molecule has 4 nitrogen and oxygen atoms in total. The highest BCUT2D eigenvalue weighted by molar-refractivity contribution is 8.02. The van der Waals surface area contributed by atoms with Gasteiger partial charge in [0.15, 0.2) is 0 Å². The highest BCUT2D eigenvalue weighted by Crippen LogP contribution is 2.48. The van der Waals surface area contributed by atoms with Gasteiger partial charge in [0, 0.05) is 19.5 Å². The Bertz CT molecular complexity index is 982. The van der Waals surface area contributed by atoms with E-state index in [2.05, 4.69) is 73.6 Å². The molecule has 3 aliphatic rings. The summed E-state index contributed by atoms with van der Waals surface area (Å²) >= 11 is 3.69. The maximum absolute atomic E-state index is 6.34. The first-order chi connectivity index (χ1) is 13.8. The maximum atomic E-state index is 6.34. The zero-order valence-corrected chi connectivity index (χ0v) is 20.8. The van der Waals surface area contributed by atoms with Crippen molar-refractivity contribution in [3.05, 3.63) is 23.8 Å². The molecule has 0 amide bonds. The molecule has 1 atom stereocenters. The van der Waals surface area contributed by atoms with Gasteiger partial charge in [0.2, 0.25) is 0 Å². The van der Waals surface area contributed by atoms with E-state index in [1.54, 1.807) is 11.3 Å². The Kier molecular flexibility index (Phi) is 4.64. The van der Waals surface area contributed by atoms with E-state index >= 15 is 0 Å². The number of thioether (sulfide) groups is 1. The van der Waals surface area contributed by atoms with Crippen LogP contribution in [0.5, 0.6) is 0 Å². The SMILES string of the molecule is CC1(C)OB(c2cc3ccc4c(c3s2)SC(B2OC(C)(C)C(C)(C)O2)C4)OC1(C)C. The minimum atomic E-state index is -0.327. The first kappa shape index (κ1) is 21.4. The van der Waals surface area contributed by atoms with Gasteiger partial charge in [-0.15, -0.1) is 23.1 Å².